The summed E-state index contributed by atoms with van der Waals surface area (Å²) < 4.78 is 39.7. The number of hydrogen-bond donors (Lipinski definition) is 0. The first-order valence-corrected chi connectivity index (χ1v) is 5.36. The topological polar surface area (TPSA) is 30.7 Å². The molecule has 16 heavy (non-hydrogen) atoms. The number of nitrogens with zero attached hydrogens (tertiary/aromatic N) is 3. The third-order valence-electron chi connectivity index (χ3n) is 1.91. The van der Waals surface area contributed by atoms with Crippen molar-refractivity contribution in [1.82, 2.24) is 15.0 Å². The monoisotopic (exact) mass is 291 g/mol. The van der Waals surface area contributed by atoms with Gasteiger partial charge in [0.25, 0.3) is 0 Å². The Bertz CT molecular complexity index is 503. The molecule has 0 N–H and O–H groups in total. The van der Waals surface area contributed by atoms with Gasteiger partial charge in [-0.25, -0.2) is 17.9 Å². The van der Waals surface area contributed by atoms with Gasteiger partial charge in [0.1, 0.15) is 0 Å². The molecule has 0 unspecified atom stereocenters. The Morgan fingerprint density at radius 3 is 2.31 bits per heavy atom. The van der Waals surface area contributed by atoms with E-state index in [0.29, 0.717) is 11.0 Å². The highest BCUT2D eigenvalue weighted by atomic mass is 79.9. The summed E-state index contributed by atoms with van der Waals surface area (Å²) in [5.74, 6) is -4.01. The van der Waals surface area contributed by atoms with E-state index in [0.717, 1.165) is 12.1 Å². The van der Waals surface area contributed by atoms with Crippen LogP contribution in [-0.2, 0) is 5.33 Å². The van der Waals surface area contributed by atoms with Crippen LogP contribution in [0.15, 0.2) is 18.3 Å². The molecule has 1 aromatic heterocycles. The van der Waals surface area contributed by atoms with Crippen molar-refractivity contribution in [1.29, 1.82) is 0 Å². The van der Waals surface area contributed by atoms with Crippen LogP contribution in [-0.4, -0.2) is 15.0 Å². The number of aromatic nitrogens is 3. The fourth-order valence-electron chi connectivity index (χ4n) is 1.16. The number of benzene rings is 1. The van der Waals surface area contributed by atoms with Crippen molar-refractivity contribution in [3.63, 3.8) is 0 Å². The highest BCUT2D eigenvalue weighted by Gasteiger charge is 2.12. The van der Waals surface area contributed by atoms with Gasteiger partial charge < -0.3 is 0 Å². The van der Waals surface area contributed by atoms with Gasteiger partial charge in [-0.1, -0.05) is 21.1 Å². The van der Waals surface area contributed by atoms with Gasteiger partial charge in [0.2, 0.25) is 0 Å². The largest absolute Gasteiger partial charge is 0.220 e. The molecule has 0 bridgehead atoms. The lowest BCUT2D eigenvalue weighted by molar-refractivity contribution is 0.446. The van der Waals surface area contributed by atoms with Crippen molar-refractivity contribution >= 4 is 15.9 Å². The third kappa shape index (κ3) is 1.95. The van der Waals surface area contributed by atoms with E-state index in [4.69, 9.17) is 0 Å². The molecule has 0 aliphatic heterocycles. The van der Waals surface area contributed by atoms with Gasteiger partial charge in [0, 0.05) is 17.5 Å². The van der Waals surface area contributed by atoms with E-state index in [-0.39, 0.29) is 5.69 Å². The average Bonchev–Trinajstić information content (AvgIpc) is 2.73. The molecular weight excluding hydrogens is 287 g/mol. The summed E-state index contributed by atoms with van der Waals surface area (Å²) in [7, 11) is 0. The van der Waals surface area contributed by atoms with E-state index < -0.39 is 17.5 Å². The fourth-order valence-corrected chi connectivity index (χ4v) is 1.42. The van der Waals surface area contributed by atoms with Crippen molar-refractivity contribution in [3.8, 4) is 5.69 Å². The van der Waals surface area contributed by atoms with Gasteiger partial charge in [-0.05, 0) is 0 Å². The maximum atomic E-state index is 12.9. The van der Waals surface area contributed by atoms with Crippen LogP contribution in [0.3, 0.4) is 0 Å². The van der Waals surface area contributed by atoms with Crippen LogP contribution in [0.4, 0.5) is 13.2 Å². The summed E-state index contributed by atoms with van der Waals surface area (Å²) in [6.45, 7) is 0. The summed E-state index contributed by atoms with van der Waals surface area (Å²) in [6.07, 6.45) is 1.49. The minimum absolute atomic E-state index is 0.0797. The lowest BCUT2D eigenvalue weighted by atomic mass is 10.3. The summed E-state index contributed by atoms with van der Waals surface area (Å²) in [4.78, 5) is 0. The minimum atomic E-state index is -1.50. The number of alkyl halides is 1. The number of halogens is 4. The number of hydrogen-bond acceptors (Lipinski definition) is 2. The summed E-state index contributed by atoms with van der Waals surface area (Å²) in [6, 6.07) is 1.70. The van der Waals surface area contributed by atoms with E-state index in [2.05, 4.69) is 26.2 Å². The second-order valence-corrected chi connectivity index (χ2v) is 3.57. The van der Waals surface area contributed by atoms with Gasteiger partial charge in [0.05, 0.1) is 17.6 Å². The Kier molecular flexibility index (Phi) is 2.95. The van der Waals surface area contributed by atoms with E-state index in [1.807, 2.05) is 0 Å². The molecule has 0 saturated carbocycles. The first kappa shape index (κ1) is 11.1. The highest BCUT2D eigenvalue weighted by molar-refractivity contribution is 9.08. The zero-order valence-electron chi connectivity index (χ0n) is 7.79. The van der Waals surface area contributed by atoms with Crippen molar-refractivity contribution in [2.24, 2.45) is 0 Å². The molecule has 84 valence electrons. The maximum absolute atomic E-state index is 12.9. The molecule has 0 fully saturated rings. The molecule has 2 aromatic rings. The van der Waals surface area contributed by atoms with Crippen molar-refractivity contribution in [2.45, 2.75) is 5.33 Å². The molecule has 7 heteroatoms. The van der Waals surface area contributed by atoms with E-state index >= 15 is 0 Å². The second kappa shape index (κ2) is 4.25. The Morgan fingerprint density at radius 1 is 1.19 bits per heavy atom. The Hall–Kier alpha value is -1.37. The van der Waals surface area contributed by atoms with Crippen LogP contribution in [0, 0.1) is 17.5 Å². The molecule has 0 saturated heterocycles. The molecule has 0 spiro atoms. The Morgan fingerprint density at radius 2 is 1.81 bits per heavy atom. The molecule has 0 amide bonds. The standard InChI is InChI=1S/C9H5BrF3N3/c10-3-5-4-16(15-14-5)6-1-7(11)9(13)8(12)2-6/h1-2,4H,3H2. The minimum Gasteiger partial charge on any atom is -0.220 e. The summed E-state index contributed by atoms with van der Waals surface area (Å²) in [5, 5.41) is 7.84. The zero-order chi connectivity index (χ0) is 11.7. The van der Waals surface area contributed by atoms with Crippen molar-refractivity contribution in [2.75, 3.05) is 0 Å². The van der Waals surface area contributed by atoms with Crippen LogP contribution in [0.2, 0.25) is 0 Å². The Labute approximate surface area is 97.0 Å². The molecule has 0 aliphatic rings. The predicted molar refractivity (Wildman–Crippen MR) is 53.9 cm³/mol. The lowest BCUT2D eigenvalue weighted by Gasteiger charge is -2.01. The summed E-state index contributed by atoms with van der Waals surface area (Å²) >= 11 is 3.16. The first-order valence-electron chi connectivity index (χ1n) is 4.24. The van der Waals surface area contributed by atoms with Gasteiger partial charge in [-0.3, -0.25) is 0 Å². The highest BCUT2D eigenvalue weighted by Crippen LogP contribution is 2.16. The van der Waals surface area contributed by atoms with Gasteiger partial charge in [-0.2, -0.15) is 0 Å². The SMILES string of the molecule is Fc1cc(-n2cc(CBr)nn2)cc(F)c1F. The predicted octanol–water partition coefficient (Wildman–Crippen LogP) is 2.58. The van der Waals surface area contributed by atoms with Crippen molar-refractivity contribution < 1.29 is 13.2 Å². The zero-order valence-corrected chi connectivity index (χ0v) is 9.38. The molecule has 0 radical (unpaired) electrons. The maximum Gasteiger partial charge on any atom is 0.194 e. The molecular formula is C9H5BrF3N3. The van der Waals surface area contributed by atoms with Crippen LogP contribution in [0.5, 0.6) is 0 Å². The first-order chi connectivity index (χ1) is 7.61. The molecule has 1 aromatic carbocycles. The molecule has 1 heterocycles. The van der Waals surface area contributed by atoms with Crippen LogP contribution in [0.25, 0.3) is 5.69 Å². The Balaban J connectivity index is 2.48. The average molecular weight is 292 g/mol. The summed E-state index contributed by atoms with van der Waals surface area (Å²) in [5.41, 5.74) is 0.682. The molecule has 0 atom stereocenters. The molecule has 3 nitrogen and oxygen atoms in total. The second-order valence-electron chi connectivity index (χ2n) is 3.01. The van der Waals surface area contributed by atoms with Crippen LogP contribution in [0.1, 0.15) is 5.69 Å². The molecule has 0 aliphatic carbocycles. The van der Waals surface area contributed by atoms with E-state index in [9.17, 15) is 13.2 Å². The van der Waals surface area contributed by atoms with Gasteiger partial charge in [-0.15, -0.1) is 5.10 Å². The molecule has 2 rings (SSSR count). The number of rotatable bonds is 2. The quantitative estimate of drug-likeness (QED) is 0.629. The van der Waals surface area contributed by atoms with E-state index in [1.54, 1.807) is 0 Å². The van der Waals surface area contributed by atoms with Gasteiger partial charge in [0.15, 0.2) is 17.5 Å². The smallest absolute Gasteiger partial charge is 0.194 e. The van der Waals surface area contributed by atoms with Gasteiger partial charge >= 0.3 is 0 Å². The van der Waals surface area contributed by atoms with Crippen LogP contribution < -0.4 is 0 Å². The van der Waals surface area contributed by atoms with Crippen LogP contribution >= 0.6 is 15.9 Å². The van der Waals surface area contributed by atoms with Crippen molar-refractivity contribution in [3.05, 3.63) is 41.5 Å². The lowest BCUT2D eigenvalue weighted by Crippen LogP contribution is -1.99. The fraction of sp³-hybridized carbons (Fsp3) is 0.111. The van der Waals surface area contributed by atoms with E-state index in [1.165, 1.54) is 10.9 Å². The third-order valence-corrected chi connectivity index (χ3v) is 2.49. The normalized spacial score (nSPS) is 10.8.